The zero-order valence-corrected chi connectivity index (χ0v) is 16.3. The van der Waals surface area contributed by atoms with Gasteiger partial charge in [0.15, 0.2) is 0 Å². The molecule has 1 fully saturated rings. The SMILES string of the molecule is COc1ccc(C(=O)N2CCC(CN)C2)cc1S(=O)(=O)NC(C)C.Cl. The number of carbonyl (C=O) groups is 1. The van der Waals surface area contributed by atoms with Gasteiger partial charge in [-0.3, -0.25) is 4.79 Å². The molecule has 142 valence electrons. The molecule has 0 aliphatic carbocycles. The van der Waals surface area contributed by atoms with E-state index in [4.69, 9.17) is 10.5 Å². The molecule has 1 aliphatic heterocycles. The number of amides is 1. The monoisotopic (exact) mass is 391 g/mol. The van der Waals surface area contributed by atoms with Crippen LogP contribution in [0.4, 0.5) is 0 Å². The number of hydrogen-bond acceptors (Lipinski definition) is 5. The third-order valence-electron chi connectivity index (χ3n) is 4.00. The summed E-state index contributed by atoms with van der Waals surface area (Å²) >= 11 is 0. The van der Waals surface area contributed by atoms with Crippen molar-refractivity contribution in [1.29, 1.82) is 0 Å². The van der Waals surface area contributed by atoms with Crippen LogP contribution in [0.25, 0.3) is 0 Å². The summed E-state index contributed by atoms with van der Waals surface area (Å²) in [4.78, 5) is 14.3. The zero-order chi connectivity index (χ0) is 17.9. The van der Waals surface area contributed by atoms with Gasteiger partial charge in [0.1, 0.15) is 10.6 Å². The quantitative estimate of drug-likeness (QED) is 0.759. The van der Waals surface area contributed by atoms with Crippen LogP contribution in [0.3, 0.4) is 0 Å². The number of nitrogens with one attached hydrogen (secondary N) is 1. The Kier molecular flexibility index (Phi) is 7.67. The van der Waals surface area contributed by atoms with E-state index in [1.54, 1.807) is 24.8 Å². The van der Waals surface area contributed by atoms with E-state index in [9.17, 15) is 13.2 Å². The lowest BCUT2D eigenvalue weighted by molar-refractivity contribution is 0.0787. The van der Waals surface area contributed by atoms with Crippen molar-refractivity contribution in [3.8, 4) is 5.75 Å². The Morgan fingerprint density at radius 2 is 2.12 bits per heavy atom. The van der Waals surface area contributed by atoms with Crippen LogP contribution in [0.5, 0.6) is 5.75 Å². The van der Waals surface area contributed by atoms with Crippen molar-refractivity contribution in [2.45, 2.75) is 31.2 Å². The van der Waals surface area contributed by atoms with Crippen LogP contribution in [0.15, 0.2) is 23.1 Å². The lowest BCUT2D eigenvalue weighted by Crippen LogP contribution is -2.32. The van der Waals surface area contributed by atoms with Crippen molar-refractivity contribution in [3.63, 3.8) is 0 Å². The molecule has 1 aromatic rings. The molecule has 0 bridgehead atoms. The molecule has 1 aliphatic rings. The molecule has 0 saturated carbocycles. The highest BCUT2D eigenvalue weighted by Gasteiger charge is 2.28. The van der Waals surface area contributed by atoms with Gasteiger partial charge < -0.3 is 15.4 Å². The maximum Gasteiger partial charge on any atom is 0.253 e. The van der Waals surface area contributed by atoms with E-state index in [1.807, 2.05) is 0 Å². The highest BCUT2D eigenvalue weighted by Crippen LogP contribution is 2.27. The summed E-state index contributed by atoms with van der Waals surface area (Å²) in [6.45, 7) is 5.25. The topological polar surface area (TPSA) is 102 Å². The van der Waals surface area contributed by atoms with Crippen molar-refractivity contribution >= 4 is 28.3 Å². The summed E-state index contributed by atoms with van der Waals surface area (Å²) in [5, 5.41) is 0. The van der Waals surface area contributed by atoms with E-state index in [-0.39, 0.29) is 35.0 Å². The number of rotatable bonds is 6. The van der Waals surface area contributed by atoms with Gasteiger partial charge in [-0.25, -0.2) is 13.1 Å². The Morgan fingerprint density at radius 3 is 2.64 bits per heavy atom. The van der Waals surface area contributed by atoms with Crippen molar-refractivity contribution < 1.29 is 17.9 Å². The first kappa shape index (κ1) is 21.7. The Morgan fingerprint density at radius 1 is 1.44 bits per heavy atom. The van der Waals surface area contributed by atoms with Gasteiger partial charge in [0.25, 0.3) is 5.91 Å². The second-order valence-corrected chi connectivity index (χ2v) is 7.97. The van der Waals surface area contributed by atoms with Gasteiger partial charge in [-0.05, 0) is 50.9 Å². The molecule has 1 unspecified atom stereocenters. The molecule has 1 atom stereocenters. The average molecular weight is 392 g/mol. The number of hydrogen-bond donors (Lipinski definition) is 2. The second-order valence-electron chi connectivity index (χ2n) is 6.28. The zero-order valence-electron chi connectivity index (χ0n) is 14.7. The molecule has 7 nitrogen and oxygen atoms in total. The molecule has 1 heterocycles. The highest BCUT2D eigenvalue weighted by atomic mass is 35.5. The predicted molar refractivity (Wildman–Crippen MR) is 98.8 cm³/mol. The standard InChI is InChI=1S/C16H25N3O4S.ClH/c1-11(2)18-24(21,22)15-8-13(4-5-14(15)23-3)16(20)19-7-6-12(9-17)10-19;/h4-5,8,11-12,18H,6-7,9-10,17H2,1-3H3;1H. The van der Waals surface area contributed by atoms with Crippen molar-refractivity contribution in [1.82, 2.24) is 9.62 Å². The molecule has 2 rings (SSSR count). The fourth-order valence-electron chi connectivity index (χ4n) is 2.79. The van der Waals surface area contributed by atoms with Gasteiger partial charge in [0.2, 0.25) is 10.0 Å². The van der Waals surface area contributed by atoms with Gasteiger partial charge in [-0.15, -0.1) is 12.4 Å². The molecule has 3 N–H and O–H groups in total. The molecule has 25 heavy (non-hydrogen) atoms. The molecule has 1 saturated heterocycles. The summed E-state index contributed by atoms with van der Waals surface area (Å²) in [6.07, 6.45) is 0.873. The lowest BCUT2D eigenvalue weighted by atomic mass is 10.1. The summed E-state index contributed by atoms with van der Waals surface area (Å²) in [5.41, 5.74) is 5.99. The minimum atomic E-state index is -3.76. The van der Waals surface area contributed by atoms with Crippen molar-refractivity contribution in [2.75, 3.05) is 26.7 Å². The number of likely N-dealkylation sites (tertiary alicyclic amines) is 1. The van der Waals surface area contributed by atoms with Crippen LogP contribution in [0.2, 0.25) is 0 Å². The molecular weight excluding hydrogens is 366 g/mol. The summed E-state index contributed by atoms with van der Waals surface area (Å²) < 4.78 is 32.6. The van der Waals surface area contributed by atoms with E-state index in [0.29, 0.717) is 31.1 Å². The van der Waals surface area contributed by atoms with Gasteiger partial charge in [-0.1, -0.05) is 0 Å². The number of ether oxygens (including phenoxy) is 1. The maximum absolute atomic E-state index is 12.6. The second kappa shape index (κ2) is 8.84. The van der Waals surface area contributed by atoms with Gasteiger partial charge in [-0.2, -0.15) is 0 Å². The largest absolute Gasteiger partial charge is 0.495 e. The van der Waals surface area contributed by atoms with Gasteiger partial charge in [0, 0.05) is 24.7 Å². The van der Waals surface area contributed by atoms with Crippen LogP contribution < -0.4 is 15.2 Å². The number of methoxy groups -OCH3 is 1. The van der Waals surface area contributed by atoms with E-state index < -0.39 is 10.0 Å². The molecule has 0 spiro atoms. The minimum Gasteiger partial charge on any atom is -0.495 e. The fourth-order valence-corrected chi connectivity index (χ4v) is 4.23. The minimum absolute atomic E-state index is 0. The average Bonchev–Trinajstić information content (AvgIpc) is 3.01. The first-order valence-electron chi connectivity index (χ1n) is 7.98. The molecule has 1 aromatic carbocycles. The first-order chi connectivity index (χ1) is 11.3. The van der Waals surface area contributed by atoms with Gasteiger partial charge >= 0.3 is 0 Å². The lowest BCUT2D eigenvalue weighted by Gasteiger charge is -2.18. The third kappa shape index (κ3) is 5.07. The Hall–Kier alpha value is -1.35. The van der Waals surface area contributed by atoms with E-state index in [0.717, 1.165) is 6.42 Å². The molecule has 0 radical (unpaired) electrons. The number of sulfonamides is 1. The summed E-state index contributed by atoms with van der Waals surface area (Å²) in [7, 11) is -2.36. The highest BCUT2D eigenvalue weighted by molar-refractivity contribution is 7.89. The van der Waals surface area contributed by atoms with Crippen LogP contribution in [-0.2, 0) is 10.0 Å². The van der Waals surface area contributed by atoms with E-state index in [2.05, 4.69) is 4.72 Å². The Bertz CT molecular complexity index is 709. The summed E-state index contributed by atoms with van der Waals surface area (Å²) in [6, 6.07) is 4.22. The van der Waals surface area contributed by atoms with Crippen molar-refractivity contribution in [2.24, 2.45) is 11.7 Å². The number of halogens is 1. The smallest absolute Gasteiger partial charge is 0.253 e. The number of nitrogens with zero attached hydrogens (tertiary/aromatic N) is 1. The predicted octanol–water partition coefficient (Wildman–Crippen LogP) is 1.22. The third-order valence-corrected chi connectivity index (χ3v) is 5.68. The van der Waals surface area contributed by atoms with Crippen LogP contribution in [-0.4, -0.2) is 52.0 Å². The Balaban J connectivity index is 0.00000312. The first-order valence-corrected chi connectivity index (χ1v) is 9.46. The van der Waals surface area contributed by atoms with E-state index >= 15 is 0 Å². The van der Waals surface area contributed by atoms with Crippen LogP contribution in [0.1, 0.15) is 30.6 Å². The summed E-state index contributed by atoms with van der Waals surface area (Å²) in [5.74, 6) is 0.327. The maximum atomic E-state index is 12.6. The van der Waals surface area contributed by atoms with Crippen LogP contribution >= 0.6 is 12.4 Å². The molecular formula is C16H26ClN3O4S. The molecule has 0 aromatic heterocycles. The number of nitrogens with two attached hydrogens (primary N) is 1. The normalized spacial score (nSPS) is 17.5. The molecule has 9 heteroatoms. The van der Waals surface area contributed by atoms with Gasteiger partial charge in [0.05, 0.1) is 7.11 Å². The van der Waals surface area contributed by atoms with Crippen LogP contribution in [0, 0.1) is 5.92 Å². The number of benzene rings is 1. The van der Waals surface area contributed by atoms with E-state index in [1.165, 1.54) is 19.2 Å². The molecule has 1 amide bonds. The number of carbonyl (C=O) groups excluding carboxylic acids is 1. The Labute approximate surface area is 155 Å². The van der Waals surface area contributed by atoms with Crippen molar-refractivity contribution in [3.05, 3.63) is 23.8 Å². The fraction of sp³-hybridized carbons (Fsp3) is 0.562.